The van der Waals surface area contributed by atoms with E-state index in [4.69, 9.17) is 0 Å². The molecule has 0 spiro atoms. The van der Waals surface area contributed by atoms with E-state index in [-0.39, 0.29) is 11.9 Å². The number of aromatic nitrogens is 1. The summed E-state index contributed by atoms with van der Waals surface area (Å²) in [5.74, 6) is 0.0581. The maximum absolute atomic E-state index is 12.7. The Kier molecular flexibility index (Phi) is 4.55. The number of aliphatic hydroxyl groups is 1. The molecule has 1 amide bonds. The fourth-order valence-corrected chi connectivity index (χ4v) is 3.81. The van der Waals surface area contributed by atoms with E-state index in [2.05, 4.69) is 4.98 Å². The van der Waals surface area contributed by atoms with Crippen molar-refractivity contribution < 1.29 is 9.90 Å². The van der Waals surface area contributed by atoms with E-state index < -0.39 is 6.10 Å². The lowest BCUT2D eigenvalue weighted by molar-refractivity contribution is 0.0671. The normalized spacial score (nSPS) is 19.4. The summed E-state index contributed by atoms with van der Waals surface area (Å²) in [7, 11) is 0. The molecule has 1 aromatic heterocycles. The Morgan fingerprint density at radius 2 is 2.23 bits per heavy atom. The van der Waals surface area contributed by atoms with Crippen molar-refractivity contribution in [3.05, 3.63) is 52.0 Å². The van der Waals surface area contributed by atoms with Gasteiger partial charge in [0, 0.05) is 12.6 Å². The molecule has 1 aliphatic heterocycles. The number of nitrogens with zero attached hydrogens (tertiary/aromatic N) is 2. The fraction of sp³-hybridized carbons (Fsp3) is 0.412. The van der Waals surface area contributed by atoms with Crippen molar-refractivity contribution in [2.45, 2.75) is 38.3 Å². The van der Waals surface area contributed by atoms with Crippen LogP contribution in [0, 0.1) is 6.92 Å². The number of aliphatic hydroxyl groups excluding tert-OH is 1. The van der Waals surface area contributed by atoms with Crippen LogP contribution in [-0.2, 0) is 0 Å². The monoisotopic (exact) mass is 316 g/mol. The highest BCUT2D eigenvalue weighted by Gasteiger charge is 2.32. The van der Waals surface area contributed by atoms with E-state index in [0.717, 1.165) is 35.5 Å². The molecule has 1 aliphatic rings. The zero-order valence-electron chi connectivity index (χ0n) is 12.6. The Balaban J connectivity index is 1.71. The number of aryl methyl sites for hydroxylation is 1. The largest absolute Gasteiger partial charge is 0.388 e. The van der Waals surface area contributed by atoms with Crippen LogP contribution in [0.5, 0.6) is 0 Å². The molecule has 5 heteroatoms. The Bertz CT molecular complexity index is 641. The molecule has 0 bridgehead atoms. The number of benzene rings is 1. The lowest BCUT2D eigenvalue weighted by atomic mass is 10.0. The highest BCUT2D eigenvalue weighted by molar-refractivity contribution is 7.11. The van der Waals surface area contributed by atoms with E-state index >= 15 is 0 Å². The van der Waals surface area contributed by atoms with Gasteiger partial charge in [0.1, 0.15) is 4.88 Å². The molecule has 2 heterocycles. The molecule has 4 nitrogen and oxygen atoms in total. The van der Waals surface area contributed by atoms with Gasteiger partial charge in [-0.3, -0.25) is 4.79 Å². The van der Waals surface area contributed by atoms with Gasteiger partial charge in [0.05, 0.1) is 17.3 Å². The molecular formula is C17H20N2O2S. The summed E-state index contributed by atoms with van der Waals surface area (Å²) in [4.78, 5) is 19.5. The summed E-state index contributed by atoms with van der Waals surface area (Å²) < 4.78 is 0. The summed E-state index contributed by atoms with van der Waals surface area (Å²) in [6, 6.07) is 9.75. The maximum Gasteiger partial charge on any atom is 0.266 e. The van der Waals surface area contributed by atoms with E-state index in [1.54, 1.807) is 5.51 Å². The molecule has 1 aromatic carbocycles. The van der Waals surface area contributed by atoms with Gasteiger partial charge in [-0.15, -0.1) is 11.3 Å². The number of carbonyl (C=O) groups is 1. The molecule has 3 rings (SSSR count). The van der Waals surface area contributed by atoms with Crippen LogP contribution in [0.25, 0.3) is 0 Å². The highest BCUT2D eigenvalue weighted by atomic mass is 32.1. The molecule has 1 saturated heterocycles. The van der Waals surface area contributed by atoms with Crippen molar-refractivity contribution in [3.8, 4) is 0 Å². The van der Waals surface area contributed by atoms with Gasteiger partial charge >= 0.3 is 0 Å². The Morgan fingerprint density at radius 3 is 2.91 bits per heavy atom. The summed E-state index contributed by atoms with van der Waals surface area (Å²) in [6.07, 6.45) is 2.01. The molecule has 116 valence electrons. The standard InChI is InChI=1S/C17H20N2O2S/c1-12-16(22-11-18-12)17(21)19-9-5-8-14(19)10-15(20)13-6-3-2-4-7-13/h2-4,6-7,11,14-15,20H,5,8-10H2,1H3/t14-,15-/m1/s1. The van der Waals surface area contributed by atoms with E-state index in [1.165, 1.54) is 11.3 Å². The second-order valence-corrected chi connectivity index (χ2v) is 6.58. The average molecular weight is 316 g/mol. The predicted octanol–water partition coefficient (Wildman–Crippen LogP) is 3.18. The Morgan fingerprint density at radius 1 is 1.45 bits per heavy atom. The number of likely N-dealkylation sites (tertiary alicyclic amines) is 1. The first-order valence-corrected chi connectivity index (χ1v) is 8.49. The maximum atomic E-state index is 12.7. The van der Waals surface area contributed by atoms with Crippen molar-refractivity contribution in [2.24, 2.45) is 0 Å². The second-order valence-electron chi connectivity index (χ2n) is 5.72. The lowest BCUT2D eigenvalue weighted by Gasteiger charge is -2.26. The SMILES string of the molecule is Cc1ncsc1C(=O)N1CCC[C@@H]1C[C@@H](O)c1ccccc1. The lowest BCUT2D eigenvalue weighted by Crippen LogP contribution is -2.36. The number of carbonyl (C=O) groups excluding carboxylic acids is 1. The number of hydrogen-bond donors (Lipinski definition) is 1. The van der Waals surface area contributed by atoms with Gasteiger partial charge in [0.15, 0.2) is 0 Å². The van der Waals surface area contributed by atoms with Gasteiger partial charge in [0.2, 0.25) is 0 Å². The first kappa shape index (κ1) is 15.2. The van der Waals surface area contributed by atoms with Gasteiger partial charge in [-0.05, 0) is 31.7 Å². The van der Waals surface area contributed by atoms with Crippen LogP contribution in [0.1, 0.15) is 46.3 Å². The van der Waals surface area contributed by atoms with Crippen LogP contribution < -0.4 is 0 Å². The minimum Gasteiger partial charge on any atom is -0.388 e. The van der Waals surface area contributed by atoms with Crippen LogP contribution in [0.2, 0.25) is 0 Å². The second kappa shape index (κ2) is 6.58. The third-order valence-corrected chi connectivity index (χ3v) is 5.17. The number of hydrogen-bond acceptors (Lipinski definition) is 4. The van der Waals surface area contributed by atoms with Crippen molar-refractivity contribution in [1.29, 1.82) is 0 Å². The number of thiazole rings is 1. The van der Waals surface area contributed by atoms with E-state index in [9.17, 15) is 9.90 Å². The third kappa shape index (κ3) is 3.05. The minimum atomic E-state index is -0.526. The number of rotatable bonds is 4. The van der Waals surface area contributed by atoms with Crippen LogP contribution in [0.3, 0.4) is 0 Å². The molecule has 22 heavy (non-hydrogen) atoms. The number of amides is 1. The van der Waals surface area contributed by atoms with E-state index in [0.29, 0.717) is 6.42 Å². The van der Waals surface area contributed by atoms with E-state index in [1.807, 2.05) is 42.2 Å². The smallest absolute Gasteiger partial charge is 0.266 e. The van der Waals surface area contributed by atoms with Gasteiger partial charge in [-0.2, -0.15) is 0 Å². The molecular weight excluding hydrogens is 296 g/mol. The molecule has 0 radical (unpaired) electrons. The van der Waals surface area contributed by atoms with Crippen LogP contribution in [0.15, 0.2) is 35.8 Å². The minimum absolute atomic E-state index is 0.0581. The van der Waals surface area contributed by atoms with Crippen molar-refractivity contribution in [2.75, 3.05) is 6.54 Å². The summed E-state index contributed by atoms with van der Waals surface area (Å²) in [6.45, 7) is 2.63. The topological polar surface area (TPSA) is 53.4 Å². The van der Waals surface area contributed by atoms with Gasteiger partial charge in [0.25, 0.3) is 5.91 Å². The molecule has 0 unspecified atom stereocenters. The van der Waals surface area contributed by atoms with Gasteiger partial charge < -0.3 is 10.0 Å². The molecule has 1 fully saturated rings. The van der Waals surface area contributed by atoms with Crippen molar-refractivity contribution in [3.63, 3.8) is 0 Å². The molecule has 0 aliphatic carbocycles. The van der Waals surface area contributed by atoms with Crippen LogP contribution in [-0.4, -0.2) is 33.5 Å². The third-order valence-electron chi connectivity index (χ3n) is 4.26. The quantitative estimate of drug-likeness (QED) is 0.942. The summed E-state index contributed by atoms with van der Waals surface area (Å²) in [5.41, 5.74) is 3.42. The van der Waals surface area contributed by atoms with Crippen molar-refractivity contribution in [1.82, 2.24) is 9.88 Å². The molecule has 0 saturated carbocycles. The summed E-state index contributed by atoms with van der Waals surface area (Å²) in [5, 5.41) is 10.4. The summed E-state index contributed by atoms with van der Waals surface area (Å²) >= 11 is 1.40. The molecule has 2 atom stereocenters. The molecule has 1 N–H and O–H groups in total. The zero-order valence-corrected chi connectivity index (χ0v) is 13.4. The first-order valence-electron chi connectivity index (χ1n) is 7.61. The van der Waals surface area contributed by atoms with Gasteiger partial charge in [-0.1, -0.05) is 30.3 Å². The van der Waals surface area contributed by atoms with Crippen LogP contribution >= 0.6 is 11.3 Å². The highest BCUT2D eigenvalue weighted by Crippen LogP contribution is 2.29. The Labute approximate surface area is 134 Å². The fourth-order valence-electron chi connectivity index (χ4n) is 3.05. The molecule has 2 aromatic rings. The van der Waals surface area contributed by atoms with Gasteiger partial charge in [-0.25, -0.2) is 4.98 Å². The van der Waals surface area contributed by atoms with Crippen LogP contribution in [0.4, 0.5) is 0 Å². The average Bonchev–Trinajstić information content (AvgIpc) is 3.16. The Hall–Kier alpha value is -1.72. The van der Waals surface area contributed by atoms with Crippen molar-refractivity contribution >= 4 is 17.2 Å². The first-order chi connectivity index (χ1) is 10.7. The predicted molar refractivity (Wildman–Crippen MR) is 86.9 cm³/mol. The zero-order chi connectivity index (χ0) is 15.5.